The number of aliphatic hydroxyl groups excluding tert-OH is 2. The van der Waals surface area contributed by atoms with E-state index in [2.05, 4.69) is 5.32 Å². The summed E-state index contributed by atoms with van der Waals surface area (Å²) < 4.78 is 73.0. The molecule has 2 aliphatic carbocycles. The van der Waals surface area contributed by atoms with E-state index in [-0.39, 0.29) is 47.2 Å². The fourth-order valence-corrected chi connectivity index (χ4v) is 7.86. The Bertz CT molecular complexity index is 1320. The molecule has 8 nitrogen and oxygen atoms in total. The van der Waals surface area contributed by atoms with Gasteiger partial charge in [0, 0.05) is 23.4 Å². The third-order valence-electron chi connectivity index (χ3n) is 7.73. The average molecular weight is 592 g/mol. The summed E-state index contributed by atoms with van der Waals surface area (Å²) in [7, 11) is -4.07. The summed E-state index contributed by atoms with van der Waals surface area (Å²) in [5, 5.41) is 31.7. The normalized spacial score (nSPS) is 26.3. The SMILES string of the molecule is C[C@H](O)[C@@H](O)COC[C@@]1(O)C2CC[C@H]1C[C@H](S(=O)(=O)c1cc(C(=O)Nc3cc(F)c(F)c(F)c3)ccc1Cl)C2. The minimum absolute atomic E-state index is 0.111. The Balaban J connectivity index is 1.50. The Morgan fingerprint density at radius 3 is 2.28 bits per heavy atom. The predicted molar refractivity (Wildman–Crippen MR) is 136 cm³/mol. The molecule has 13 heteroatoms. The highest BCUT2D eigenvalue weighted by atomic mass is 35.5. The van der Waals surface area contributed by atoms with Crippen LogP contribution < -0.4 is 5.32 Å². The second-order valence-electron chi connectivity index (χ2n) is 10.3. The summed E-state index contributed by atoms with van der Waals surface area (Å²) in [4.78, 5) is 12.4. The van der Waals surface area contributed by atoms with Gasteiger partial charge in [-0.1, -0.05) is 11.6 Å². The quantitative estimate of drug-likeness (QED) is 0.328. The van der Waals surface area contributed by atoms with Crippen molar-refractivity contribution in [1.29, 1.82) is 0 Å². The zero-order valence-corrected chi connectivity index (χ0v) is 22.5. The lowest BCUT2D eigenvalue weighted by Gasteiger charge is -2.42. The summed E-state index contributed by atoms with van der Waals surface area (Å²) >= 11 is 6.23. The van der Waals surface area contributed by atoms with Gasteiger partial charge in [-0.05, 0) is 62.6 Å². The van der Waals surface area contributed by atoms with Gasteiger partial charge < -0.3 is 25.4 Å². The Morgan fingerprint density at radius 1 is 1.13 bits per heavy atom. The van der Waals surface area contributed by atoms with Crippen LogP contribution in [0.5, 0.6) is 0 Å². The maximum absolute atomic E-state index is 13.6. The molecule has 2 aromatic carbocycles. The number of carbonyl (C=O) groups excluding carboxylic acids is 1. The standard InChI is InChI=1S/C26H29ClF3NO7S/c1-13(32)22(33)11-38-12-26(35)15-3-4-16(26)8-18(7-15)39(36,37)23-6-14(2-5-19(23)27)25(34)31-17-9-20(28)24(30)21(29)10-17/h2,5-6,9-10,13,15-16,18,22,32-33,35H,3-4,7-8,11-12H2,1H3,(H,31,34)/t13-,15-,16?,18-,22-,26-/m0/s1. The first-order valence-electron chi connectivity index (χ1n) is 12.4. The number of sulfone groups is 1. The average Bonchev–Trinajstić information content (AvgIpc) is 3.03. The molecule has 39 heavy (non-hydrogen) atoms. The Hall–Kier alpha value is -2.22. The van der Waals surface area contributed by atoms with Crippen LogP contribution in [0.15, 0.2) is 35.2 Å². The number of amides is 1. The van der Waals surface area contributed by atoms with Gasteiger partial charge in [-0.25, -0.2) is 21.6 Å². The molecule has 0 aliphatic heterocycles. The maximum atomic E-state index is 13.6. The molecule has 6 atom stereocenters. The molecule has 0 saturated heterocycles. The van der Waals surface area contributed by atoms with Crippen molar-refractivity contribution < 1.29 is 46.4 Å². The molecular formula is C26H29ClF3NO7S. The molecule has 1 unspecified atom stereocenters. The summed E-state index contributed by atoms with van der Waals surface area (Å²) in [5.74, 6) is -6.36. The summed E-state index contributed by atoms with van der Waals surface area (Å²) in [6, 6.07) is 4.74. The largest absolute Gasteiger partial charge is 0.391 e. The smallest absolute Gasteiger partial charge is 0.255 e. The minimum atomic E-state index is -4.07. The van der Waals surface area contributed by atoms with Crippen molar-refractivity contribution in [3.8, 4) is 0 Å². The Labute approximate surface area is 228 Å². The molecule has 1 amide bonds. The molecule has 0 radical (unpaired) electrons. The van der Waals surface area contributed by atoms with Crippen LogP contribution in [0.4, 0.5) is 18.9 Å². The van der Waals surface area contributed by atoms with E-state index in [0.29, 0.717) is 25.0 Å². The van der Waals surface area contributed by atoms with Gasteiger partial charge in [-0.2, -0.15) is 0 Å². The number of ether oxygens (including phenoxy) is 1. The van der Waals surface area contributed by atoms with Crippen molar-refractivity contribution in [2.24, 2.45) is 11.8 Å². The van der Waals surface area contributed by atoms with E-state index in [4.69, 9.17) is 16.3 Å². The number of rotatable bonds is 9. The molecule has 0 spiro atoms. The second kappa shape index (κ2) is 11.3. The van der Waals surface area contributed by atoms with Crippen LogP contribution in [0.1, 0.15) is 43.0 Å². The van der Waals surface area contributed by atoms with E-state index in [1.54, 1.807) is 0 Å². The predicted octanol–water partition coefficient (Wildman–Crippen LogP) is 3.46. The lowest BCUT2D eigenvalue weighted by atomic mass is 9.75. The number of fused-ring (bicyclic) bond motifs is 2. The van der Waals surface area contributed by atoms with Crippen molar-refractivity contribution >= 4 is 33.0 Å². The number of anilines is 1. The molecule has 2 aromatic rings. The first-order valence-corrected chi connectivity index (χ1v) is 14.3. The van der Waals surface area contributed by atoms with Gasteiger partial charge in [0.05, 0.1) is 40.1 Å². The molecule has 4 N–H and O–H groups in total. The number of aliphatic hydroxyl groups is 3. The van der Waals surface area contributed by atoms with Gasteiger partial charge in [-0.15, -0.1) is 0 Å². The van der Waals surface area contributed by atoms with Crippen LogP contribution in [0, 0.1) is 29.3 Å². The van der Waals surface area contributed by atoms with E-state index < -0.39 is 68.1 Å². The second-order valence-corrected chi connectivity index (χ2v) is 12.9. The first-order chi connectivity index (χ1) is 18.2. The Morgan fingerprint density at radius 2 is 1.72 bits per heavy atom. The molecule has 0 heterocycles. The van der Waals surface area contributed by atoms with Crippen molar-refractivity contribution in [2.45, 2.75) is 60.6 Å². The fraction of sp³-hybridized carbons (Fsp3) is 0.500. The third kappa shape index (κ3) is 5.96. The molecule has 2 fully saturated rings. The lowest BCUT2D eigenvalue weighted by molar-refractivity contribution is -0.129. The number of benzene rings is 2. The molecule has 2 aliphatic rings. The molecule has 2 saturated carbocycles. The lowest BCUT2D eigenvalue weighted by Crippen LogP contribution is -2.51. The van der Waals surface area contributed by atoms with Crippen molar-refractivity contribution in [3.05, 3.63) is 58.4 Å². The van der Waals surface area contributed by atoms with Crippen LogP contribution >= 0.6 is 11.6 Å². The molecule has 4 rings (SSSR count). The van der Waals surface area contributed by atoms with Crippen molar-refractivity contribution in [2.75, 3.05) is 18.5 Å². The minimum Gasteiger partial charge on any atom is -0.391 e. The zero-order valence-electron chi connectivity index (χ0n) is 20.9. The topological polar surface area (TPSA) is 133 Å². The van der Waals surface area contributed by atoms with E-state index in [9.17, 15) is 41.7 Å². The van der Waals surface area contributed by atoms with Crippen molar-refractivity contribution in [1.82, 2.24) is 0 Å². The van der Waals surface area contributed by atoms with Crippen LogP contribution in [-0.4, -0.2) is 65.9 Å². The number of nitrogens with one attached hydrogen (secondary N) is 1. The third-order valence-corrected chi connectivity index (χ3v) is 10.4. The van der Waals surface area contributed by atoms with E-state index >= 15 is 0 Å². The number of carbonyl (C=O) groups is 1. The van der Waals surface area contributed by atoms with Crippen LogP contribution in [-0.2, 0) is 14.6 Å². The fourth-order valence-electron chi connectivity index (χ4n) is 5.45. The highest BCUT2D eigenvalue weighted by Gasteiger charge is 2.56. The van der Waals surface area contributed by atoms with Crippen LogP contribution in [0.25, 0.3) is 0 Å². The van der Waals surface area contributed by atoms with E-state index in [1.165, 1.54) is 19.1 Å². The Kier molecular flexibility index (Phi) is 8.65. The number of hydrogen-bond donors (Lipinski definition) is 4. The van der Waals surface area contributed by atoms with Gasteiger partial charge in [0.2, 0.25) is 0 Å². The summed E-state index contributed by atoms with van der Waals surface area (Å²) in [5.41, 5.74) is -1.79. The van der Waals surface area contributed by atoms with E-state index in [1.807, 2.05) is 0 Å². The molecule has 214 valence electrons. The van der Waals surface area contributed by atoms with Gasteiger partial charge in [0.15, 0.2) is 27.3 Å². The number of halogens is 4. The highest BCUT2D eigenvalue weighted by Crippen LogP contribution is 2.52. The molecule has 0 aromatic heterocycles. The van der Waals surface area contributed by atoms with Gasteiger partial charge in [0.25, 0.3) is 5.91 Å². The van der Waals surface area contributed by atoms with Crippen molar-refractivity contribution in [3.63, 3.8) is 0 Å². The van der Waals surface area contributed by atoms with Gasteiger partial charge >= 0.3 is 0 Å². The summed E-state index contributed by atoms with van der Waals surface area (Å²) in [6.07, 6.45) is -0.710. The van der Waals surface area contributed by atoms with Crippen LogP contribution in [0.3, 0.4) is 0 Å². The highest BCUT2D eigenvalue weighted by molar-refractivity contribution is 7.92. The molecule has 2 bridgehead atoms. The van der Waals surface area contributed by atoms with E-state index in [0.717, 1.165) is 6.07 Å². The monoisotopic (exact) mass is 591 g/mol. The van der Waals surface area contributed by atoms with Gasteiger partial charge in [-0.3, -0.25) is 4.79 Å². The first kappa shape index (κ1) is 29.8. The summed E-state index contributed by atoms with van der Waals surface area (Å²) in [6.45, 7) is 1.12. The molecular weight excluding hydrogens is 563 g/mol. The van der Waals surface area contributed by atoms with Crippen LogP contribution in [0.2, 0.25) is 5.02 Å². The zero-order chi connectivity index (χ0) is 28.7. The number of hydrogen-bond acceptors (Lipinski definition) is 7. The maximum Gasteiger partial charge on any atom is 0.255 e. The van der Waals surface area contributed by atoms with Gasteiger partial charge in [0.1, 0.15) is 6.10 Å².